The van der Waals surface area contributed by atoms with Crippen LogP contribution in [0.25, 0.3) is 0 Å². The highest BCUT2D eigenvalue weighted by Gasteiger charge is 2.06. The Kier molecular flexibility index (Phi) is 4.03. The lowest BCUT2D eigenvalue weighted by Gasteiger charge is -2.07. The third-order valence-electron chi connectivity index (χ3n) is 2.23. The van der Waals surface area contributed by atoms with Crippen molar-refractivity contribution in [3.05, 3.63) is 34.9 Å². The molecule has 0 aromatic heterocycles. The molecular formula is C12H14O3. The first-order chi connectivity index (χ1) is 7.13. The summed E-state index contributed by atoms with van der Waals surface area (Å²) < 4.78 is 0. The summed E-state index contributed by atoms with van der Waals surface area (Å²) in [6, 6.07) is 5.66. The van der Waals surface area contributed by atoms with E-state index in [2.05, 4.69) is 0 Å². The molecule has 0 heterocycles. The third-order valence-corrected chi connectivity index (χ3v) is 2.23. The molecule has 0 saturated carbocycles. The predicted octanol–water partition coefficient (Wildman–Crippen LogP) is 1.75. The van der Waals surface area contributed by atoms with Crippen molar-refractivity contribution in [1.29, 1.82) is 0 Å². The molecule has 3 heteroatoms. The monoisotopic (exact) mass is 206 g/mol. The lowest BCUT2D eigenvalue weighted by atomic mass is 9.98. The normalized spacial score (nSPS) is 9.93. The third kappa shape index (κ3) is 3.54. The van der Waals surface area contributed by atoms with E-state index in [0.29, 0.717) is 12.8 Å². The molecule has 0 saturated heterocycles. The predicted molar refractivity (Wildman–Crippen MR) is 56.9 cm³/mol. The Balaban J connectivity index is 2.91. The molecule has 0 radical (unpaired) electrons. The summed E-state index contributed by atoms with van der Waals surface area (Å²) in [5, 5.41) is 8.72. The van der Waals surface area contributed by atoms with Crippen molar-refractivity contribution in [2.45, 2.75) is 26.2 Å². The van der Waals surface area contributed by atoms with E-state index in [-0.39, 0.29) is 6.42 Å². The smallest absolute Gasteiger partial charge is 0.307 e. The van der Waals surface area contributed by atoms with Crippen molar-refractivity contribution in [2.24, 2.45) is 0 Å². The summed E-state index contributed by atoms with van der Waals surface area (Å²) >= 11 is 0. The maximum absolute atomic E-state index is 10.6. The van der Waals surface area contributed by atoms with Crippen molar-refractivity contribution in [3.8, 4) is 0 Å². The molecule has 0 aliphatic heterocycles. The SMILES string of the molecule is Cc1ccc(CC(=O)O)c(CCC=O)c1. The molecule has 0 amide bonds. The maximum atomic E-state index is 10.6. The van der Waals surface area contributed by atoms with Gasteiger partial charge in [0.05, 0.1) is 6.42 Å². The number of carboxylic acids is 1. The number of carbonyl (C=O) groups excluding carboxylic acids is 1. The molecule has 15 heavy (non-hydrogen) atoms. The molecule has 0 fully saturated rings. The van der Waals surface area contributed by atoms with E-state index in [1.807, 2.05) is 25.1 Å². The minimum Gasteiger partial charge on any atom is -0.481 e. The molecule has 0 atom stereocenters. The van der Waals surface area contributed by atoms with Crippen LogP contribution < -0.4 is 0 Å². The minimum atomic E-state index is -0.841. The van der Waals surface area contributed by atoms with Crippen molar-refractivity contribution in [1.82, 2.24) is 0 Å². The van der Waals surface area contributed by atoms with Crippen LogP contribution in [-0.4, -0.2) is 17.4 Å². The van der Waals surface area contributed by atoms with Crippen LogP contribution in [0.5, 0.6) is 0 Å². The molecule has 1 aromatic carbocycles. The van der Waals surface area contributed by atoms with Crippen LogP contribution in [0.15, 0.2) is 18.2 Å². The van der Waals surface area contributed by atoms with Gasteiger partial charge in [-0.3, -0.25) is 4.79 Å². The van der Waals surface area contributed by atoms with E-state index < -0.39 is 5.97 Å². The fourth-order valence-electron chi connectivity index (χ4n) is 1.54. The first-order valence-corrected chi connectivity index (χ1v) is 4.87. The standard InChI is InChI=1S/C12H14O3/c1-9-4-5-11(8-12(14)15)10(7-9)3-2-6-13/h4-7H,2-3,8H2,1H3,(H,14,15). The summed E-state index contributed by atoms with van der Waals surface area (Å²) in [5.41, 5.74) is 2.85. The van der Waals surface area contributed by atoms with Crippen LogP contribution in [0, 0.1) is 6.92 Å². The van der Waals surface area contributed by atoms with Gasteiger partial charge in [-0.2, -0.15) is 0 Å². The van der Waals surface area contributed by atoms with Gasteiger partial charge in [-0.1, -0.05) is 23.8 Å². The zero-order valence-corrected chi connectivity index (χ0v) is 8.69. The zero-order chi connectivity index (χ0) is 11.3. The second-order valence-corrected chi connectivity index (χ2v) is 3.55. The summed E-state index contributed by atoms with van der Waals surface area (Å²) in [5.74, 6) is -0.841. The molecule has 0 aliphatic carbocycles. The van der Waals surface area contributed by atoms with E-state index in [0.717, 1.165) is 23.0 Å². The second-order valence-electron chi connectivity index (χ2n) is 3.55. The maximum Gasteiger partial charge on any atom is 0.307 e. The Labute approximate surface area is 88.7 Å². The van der Waals surface area contributed by atoms with Gasteiger partial charge < -0.3 is 9.90 Å². The quantitative estimate of drug-likeness (QED) is 0.747. The van der Waals surface area contributed by atoms with Crippen molar-refractivity contribution >= 4 is 12.3 Å². The van der Waals surface area contributed by atoms with Crippen molar-refractivity contribution < 1.29 is 14.7 Å². The number of carbonyl (C=O) groups is 2. The fourth-order valence-corrected chi connectivity index (χ4v) is 1.54. The van der Waals surface area contributed by atoms with Crippen LogP contribution in [0.3, 0.4) is 0 Å². The minimum absolute atomic E-state index is 0.0223. The first-order valence-electron chi connectivity index (χ1n) is 4.87. The average molecular weight is 206 g/mol. The largest absolute Gasteiger partial charge is 0.481 e. The van der Waals surface area contributed by atoms with Crippen molar-refractivity contribution in [2.75, 3.05) is 0 Å². The molecule has 1 rings (SSSR count). The van der Waals surface area contributed by atoms with Gasteiger partial charge in [0, 0.05) is 6.42 Å². The van der Waals surface area contributed by atoms with E-state index >= 15 is 0 Å². The Bertz CT molecular complexity index is 369. The van der Waals surface area contributed by atoms with Gasteiger partial charge in [-0.25, -0.2) is 0 Å². The average Bonchev–Trinajstić information content (AvgIpc) is 2.18. The lowest BCUT2D eigenvalue weighted by molar-refractivity contribution is -0.136. The van der Waals surface area contributed by atoms with Crippen LogP contribution in [-0.2, 0) is 22.4 Å². The van der Waals surface area contributed by atoms with Gasteiger partial charge in [0.1, 0.15) is 6.29 Å². The summed E-state index contributed by atoms with van der Waals surface area (Å²) in [7, 11) is 0. The molecule has 3 nitrogen and oxygen atoms in total. The highest BCUT2D eigenvalue weighted by Crippen LogP contribution is 2.14. The molecule has 80 valence electrons. The molecular weight excluding hydrogens is 192 g/mol. The number of hydrogen-bond donors (Lipinski definition) is 1. The summed E-state index contributed by atoms with van der Waals surface area (Å²) in [6.07, 6.45) is 1.94. The van der Waals surface area contributed by atoms with Crippen molar-refractivity contribution in [3.63, 3.8) is 0 Å². The van der Waals surface area contributed by atoms with Crippen LogP contribution in [0.1, 0.15) is 23.1 Å². The highest BCUT2D eigenvalue weighted by molar-refractivity contribution is 5.70. The number of carboxylic acid groups (broad SMARTS) is 1. The Morgan fingerprint density at radius 3 is 2.73 bits per heavy atom. The van der Waals surface area contributed by atoms with Crippen LogP contribution in [0.4, 0.5) is 0 Å². The lowest BCUT2D eigenvalue weighted by Crippen LogP contribution is -2.04. The zero-order valence-electron chi connectivity index (χ0n) is 8.69. The van der Waals surface area contributed by atoms with Gasteiger partial charge in [0.25, 0.3) is 0 Å². The number of aliphatic carboxylic acids is 1. The molecule has 0 aliphatic rings. The second kappa shape index (κ2) is 5.29. The summed E-state index contributed by atoms with van der Waals surface area (Å²) in [6.45, 7) is 1.95. The Hall–Kier alpha value is -1.64. The first kappa shape index (κ1) is 11.4. The molecule has 0 bridgehead atoms. The molecule has 1 aromatic rings. The number of benzene rings is 1. The number of aldehydes is 1. The van der Waals surface area contributed by atoms with Gasteiger partial charge in [0.15, 0.2) is 0 Å². The van der Waals surface area contributed by atoms with Gasteiger partial charge >= 0.3 is 5.97 Å². The van der Waals surface area contributed by atoms with Gasteiger partial charge in [-0.05, 0) is 24.5 Å². The number of hydrogen-bond acceptors (Lipinski definition) is 2. The Morgan fingerprint density at radius 2 is 2.13 bits per heavy atom. The van der Waals surface area contributed by atoms with Gasteiger partial charge in [0.2, 0.25) is 0 Å². The van der Waals surface area contributed by atoms with E-state index in [4.69, 9.17) is 5.11 Å². The summed E-state index contributed by atoms with van der Waals surface area (Å²) in [4.78, 5) is 20.9. The van der Waals surface area contributed by atoms with E-state index in [9.17, 15) is 9.59 Å². The van der Waals surface area contributed by atoms with E-state index in [1.165, 1.54) is 0 Å². The molecule has 1 N–H and O–H groups in total. The number of aryl methyl sites for hydroxylation is 2. The van der Waals surface area contributed by atoms with E-state index in [1.54, 1.807) is 0 Å². The molecule has 0 unspecified atom stereocenters. The van der Waals surface area contributed by atoms with Gasteiger partial charge in [-0.15, -0.1) is 0 Å². The molecule has 0 spiro atoms. The number of rotatable bonds is 5. The highest BCUT2D eigenvalue weighted by atomic mass is 16.4. The fraction of sp³-hybridized carbons (Fsp3) is 0.333. The van der Waals surface area contributed by atoms with Crippen LogP contribution in [0.2, 0.25) is 0 Å². The Morgan fingerprint density at radius 1 is 1.40 bits per heavy atom. The van der Waals surface area contributed by atoms with Crippen LogP contribution >= 0.6 is 0 Å². The topological polar surface area (TPSA) is 54.4 Å².